The van der Waals surface area contributed by atoms with Crippen LogP contribution in [-0.2, 0) is 11.3 Å². The van der Waals surface area contributed by atoms with Crippen molar-refractivity contribution in [3.63, 3.8) is 0 Å². The van der Waals surface area contributed by atoms with Crippen molar-refractivity contribution >= 4 is 17.7 Å². The second-order valence-corrected chi connectivity index (χ2v) is 5.05. The van der Waals surface area contributed by atoms with E-state index in [0.29, 0.717) is 23.0 Å². The van der Waals surface area contributed by atoms with Crippen LogP contribution >= 0.6 is 11.8 Å². The Morgan fingerprint density at radius 1 is 1.50 bits per heavy atom. The quantitative estimate of drug-likeness (QED) is 0.460. The number of aromatic nitrogens is 4. The fourth-order valence-corrected chi connectivity index (χ4v) is 2.38. The Kier molecular flexibility index (Phi) is 5.11. The Morgan fingerprint density at radius 2 is 2.35 bits per heavy atom. The van der Waals surface area contributed by atoms with E-state index in [1.807, 2.05) is 16.9 Å². The topological polar surface area (TPSA) is 69.9 Å². The molecule has 0 atom stereocenters. The maximum Gasteiger partial charge on any atom is 0.341 e. The first-order chi connectivity index (χ1) is 9.70. The van der Waals surface area contributed by atoms with Crippen molar-refractivity contribution in [1.29, 1.82) is 0 Å². The summed E-state index contributed by atoms with van der Waals surface area (Å²) in [6.07, 6.45) is 5.19. The van der Waals surface area contributed by atoms with Gasteiger partial charge in [0.2, 0.25) is 0 Å². The van der Waals surface area contributed by atoms with E-state index in [1.54, 1.807) is 20.0 Å². The van der Waals surface area contributed by atoms with Gasteiger partial charge in [0, 0.05) is 24.3 Å². The van der Waals surface area contributed by atoms with Crippen molar-refractivity contribution in [1.82, 2.24) is 19.7 Å². The van der Waals surface area contributed by atoms with Gasteiger partial charge in [-0.15, -0.1) is 0 Å². The third kappa shape index (κ3) is 3.80. The summed E-state index contributed by atoms with van der Waals surface area (Å²) in [6.45, 7) is 4.69. The average Bonchev–Trinajstić information content (AvgIpc) is 2.92. The monoisotopic (exact) mass is 292 g/mol. The van der Waals surface area contributed by atoms with Crippen LogP contribution in [-0.4, -0.2) is 38.1 Å². The van der Waals surface area contributed by atoms with E-state index in [-0.39, 0.29) is 5.97 Å². The number of thioether (sulfide) groups is 1. The number of ether oxygens (including phenoxy) is 1. The number of aryl methyl sites for hydroxylation is 2. The molecule has 0 saturated heterocycles. The fraction of sp³-hybridized carbons (Fsp3) is 0.385. The third-order valence-electron chi connectivity index (χ3n) is 2.56. The largest absolute Gasteiger partial charge is 0.462 e. The molecule has 0 aliphatic rings. The van der Waals surface area contributed by atoms with Crippen LogP contribution in [0, 0.1) is 6.92 Å². The lowest BCUT2D eigenvalue weighted by atomic mass is 10.2. The Labute approximate surface area is 121 Å². The Bertz CT molecular complexity index is 572. The molecule has 0 amide bonds. The van der Waals surface area contributed by atoms with Gasteiger partial charge in [-0.25, -0.2) is 14.8 Å². The van der Waals surface area contributed by atoms with E-state index >= 15 is 0 Å². The van der Waals surface area contributed by atoms with Crippen molar-refractivity contribution in [2.75, 3.05) is 12.4 Å². The molecule has 0 bridgehead atoms. The molecular formula is C13H16N4O2S. The average molecular weight is 292 g/mol. The standard InChI is InChI=1S/C13H16N4O2S/c1-3-19-12(18)11-9-14-13(16-10(11)2)20-8-7-17-6-4-5-15-17/h4-6,9H,3,7-8H2,1-2H3. The highest BCUT2D eigenvalue weighted by Gasteiger charge is 2.12. The van der Waals surface area contributed by atoms with E-state index in [0.717, 1.165) is 12.3 Å². The first-order valence-corrected chi connectivity index (χ1v) is 7.30. The summed E-state index contributed by atoms with van der Waals surface area (Å²) in [6, 6.07) is 1.89. The van der Waals surface area contributed by atoms with Crippen molar-refractivity contribution in [2.24, 2.45) is 0 Å². The van der Waals surface area contributed by atoms with Crippen LogP contribution in [0.4, 0.5) is 0 Å². The molecule has 0 unspecified atom stereocenters. The summed E-state index contributed by atoms with van der Waals surface area (Å²) in [7, 11) is 0. The van der Waals surface area contributed by atoms with Crippen LogP contribution in [0.5, 0.6) is 0 Å². The lowest BCUT2D eigenvalue weighted by Gasteiger charge is -2.06. The van der Waals surface area contributed by atoms with Gasteiger partial charge in [-0.1, -0.05) is 11.8 Å². The number of esters is 1. The Morgan fingerprint density at radius 3 is 3.00 bits per heavy atom. The lowest BCUT2D eigenvalue weighted by molar-refractivity contribution is 0.0524. The van der Waals surface area contributed by atoms with Crippen LogP contribution in [0.15, 0.2) is 29.8 Å². The third-order valence-corrected chi connectivity index (χ3v) is 3.40. The number of nitrogens with zero attached hydrogens (tertiary/aromatic N) is 4. The minimum Gasteiger partial charge on any atom is -0.462 e. The van der Waals surface area contributed by atoms with Gasteiger partial charge in [0.25, 0.3) is 0 Å². The second-order valence-electron chi connectivity index (χ2n) is 3.99. The number of carbonyl (C=O) groups excluding carboxylic acids is 1. The van der Waals surface area contributed by atoms with Gasteiger partial charge < -0.3 is 4.74 Å². The Balaban J connectivity index is 1.93. The molecule has 2 aromatic rings. The highest BCUT2D eigenvalue weighted by Crippen LogP contribution is 2.15. The van der Waals surface area contributed by atoms with Gasteiger partial charge in [0.05, 0.1) is 24.4 Å². The molecule has 0 spiro atoms. The molecule has 7 heteroatoms. The summed E-state index contributed by atoms with van der Waals surface area (Å²) in [5.41, 5.74) is 1.06. The second kappa shape index (κ2) is 7.04. The molecule has 2 rings (SSSR count). The van der Waals surface area contributed by atoms with Crippen LogP contribution < -0.4 is 0 Å². The van der Waals surface area contributed by atoms with Crippen molar-refractivity contribution in [2.45, 2.75) is 25.5 Å². The zero-order valence-electron chi connectivity index (χ0n) is 11.4. The minimum atomic E-state index is -0.377. The molecule has 0 saturated carbocycles. The molecule has 0 aliphatic carbocycles. The summed E-state index contributed by atoms with van der Waals surface area (Å²) >= 11 is 1.53. The molecular weight excluding hydrogens is 276 g/mol. The summed E-state index contributed by atoms with van der Waals surface area (Å²) in [5.74, 6) is 0.443. The van der Waals surface area contributed by atoms with Gasteiger partial charge in [-0.3, -0.25) is 4.68 Å². The van der Waals surface area contributed by atoms with Crippen molar-refractivity contribution < 1.29 is 9.53 Å². The Hall–Kier alpha value is -1.89. The van der Waals surface area contributed by atoms with E-state index in [1.165, 1.54) is 18.0 Å². The van der Waals surface area contributed by atoms with Crippen LogP contribution in [0.1, 0.15) is 23.0 Å². The van der Waals surface area contributed by atoms with Gasteiger partial charge in [0.15, 0.2) is 5.16 Å². The predicted octanol–water partition coefficient (Wildman–Crippen LogP) is 1.95. The number of rotatable bonds is 6. The normalized spacial score (nSPS) is 10.5. The molecule has 0 radical (unpaired) electrons. The predicted molar refractivity (Wildman–Crippen MR) is 75.7 cm³/mol. The highest BCUT2D eigenvalue weighted by atomic mass is 32.2. The first kappa shape index (κ1) is 14.5. The zero-order chi connectivity index (χ0) is 14.4. The smallest absolute Gasteiger partial charge is 0.341 e. The van der Waals surface area contributed by atoms with Crippen LogP contribution in [0.3, 0.4) is 0 Å². The summed E-state index contributed by atoms with van der Waals surface area (Å²) in [4.78, 5) is 20.1. The molecule has 2 aromatic heterocycles. The first-order valence-electron chi connectivity index (χ1n) is 6.31. The molecule has 0 N–H and O–H groups in total. The van der Waals surface area contributed by atoms with Gasteiger partial charge >= 0.3 is 5.97 Å². The van der Waals surface area contributed by atoms with Gasteiger partial charge in [-0.05, 0) is 19.9 Å². The van der Waals surface area contributed by atoms with Crippen molar-refractivity contribution in [3.8, 4) is 0 Å². The number of hydrogen-bond acceptors (Lipinski definition) is 6. The van der Waals surface area contributed by atoms with E-state index in [4.69, 9.17) is 4.74 Å². The number of hydrogen-bond donors (Lipinski definition) is 0. The maximum atomic E-state index is 11.6. The van der Waals surface area contributed by atoms with E-state index in [2.05, 4.69) is 15.1 Å². The summed E-state index contributed by atoms with van der Waals surface area (Å²) in [5, 5.41) is 4.78. The highest BCUT2D eigenvalue weighted by molar-refractivity contribution is 7.99. The molecule has 106 valence electrons. The maximum absolute atomic E-state index is 11.6. The van der Waals surface area contributed by atoms with Gasteiger partial charge in [0.1, 0.15) is 0 Å². The molecule has 2 heterocycles. The van der Waals surface area contributed by atoms with E-state index in [9.17, 15) is 4.79 Å². The molecule has 0 aromatic carbocycles. The number of carbonyl (C=O) groups is 1. The molecule has 20 heavy (non-hydrogen) atoms. The van der Waals surface area contributed by atoms with E-state index < -0.39 is 0 Å². The van der Waals surface area contributed by atoms with Crippen LogP contribution in [0.2, 0.25) is 0 Å². The fourth-order valence-electron chi connectivity index (χ4n) is 1.59. The lowest BCUT2D eigenvalue weighted by Crippen LogP contribution is -2.09. The summed E-state index contributed by atoms with van der Waals surface area (Å²) < 4.78 is 6.80. The van der Waals surface area contributed by atoms with Gasteiger partial charge in [-0.2, -0.15) is 5.10 Å². The molecule has 6 nitrogen and oxygen atoms in total. The minimum absolute atomic E-state index is 0.346. The zero-order valence-corrected chi connectivity index (χ0v) is 12.3. The van der Waals surface area contributed by atoms with Crippen molar-refractivity contribution in [3.05, 3.63) is 35.9 Å². The molecule has 0 fully saturated rings. The van der Waals surface area contributed by atoms with Crippen LogP contribution in [0.25, 0.3) is 0 Å². The molecule has 0 aliphatic heterocycles. The SMILES string of the molecule is CCOC(=O)c1cnc(SCCn2cccn2)nc1C.